The third kappa shape index (κ3) is 45.0. The molecule has 0 saturated carbocycles. The van der Waals surface area contributed by atoms with Crippen molar-refractivity contribution in [2.45, 2.75) is 277 Å². The molecule has 6 heteroatoms. The van der Waals surface area contributed by atoms with Crippen molar-refractivity contribution >= 4 is 17.9 Å². The fraction of sp³-hybridized carbons (Fsp3) is 0.865. The van der Waals surface area contributed by atoms with Crippen LogP contribution in [0, 0.1) is 0 Å². The van der Waals surface area contributed by atoms with E-state index in [4.69, 9.17) is 14.2 Å². The lowest BCUT2D eigenvalue weighted by atomic mass is 10.0. The Labute approximate surface area is 360 Å². The van der Waals surface area contributed by atoms with E-state index in [1.165, 1.54) is 167 Å². The summed E-state index contributed by atoms with van der Waals surface area (Å²) in [6.45, 7) is 6.61. The smallest absolute Gasteiger partial charge is 0.306 e. The summed E-state index contributed by atoms with van der Waals surface area (Å²) in [7, 11) is 0. The highest BCUT2D eigenvalue weighted by Crippen LogP contribution is 2.15. The van der Waals surface area contributed by atoms with Crippen LogP contribution in [-0.2, 0) is 28.6 Å². The number of rotatable bonds is 46. The van der Waals surface area contributed by atoms with E-state index in [0.717, 1.165) is 64.2 Å². The van der Waals surface area contributed by atoms with Crippen molar-refractivity contribution < 1.29 is 28.6 Å². The highest BCUT2D eigenvalue weighted by Gasteiger charge is 2.19. The molecule has 0 rings (SSSR count). The van der Waals surface area contributed by atoms with Gasteiger partial charge in [-0.1, -0.05) is 206 Å². The van der Waals surface area contributed by atoms with E-state index in [1.807, 2.05) is 0 Å². The number of esters is 3. The SMILES string of the molecule is CCCCCC/C=C\CCCCCCCCCC(=O)O[C@H](COC(=O)CCCCCCC/C=C\CCCCCC)COC(=O)CCCCCCCCCCCCCC. The van der Waals surface area contributed by atoms with Crippen molar-refractivity contribution in [2.75, 3.05) is 13.2 Å². The van der Waals surface area contributed by atoms with Crippen LogP contribution in [0.15, 0.2) is 24.3 Å². The molecule has 6 nitrogen and oxygen atoms in total. The molecule has 340 valence electrons. The summed E-state index contributed by atoms with van der Waals surface area (Å²) in [4.78, 5) is 37.9. The Bertz CT molecular complexity index is 942. The van der Waals surface area contributed by atoms with Gasteiger partial charge in [0.1, 0.15) is 13.2 Å². The van der Waals surface area contributed by atoms with Gasteiger partial charge in [0.15, 0.2) is 6.10 Å². The fourth-order valence-corrected chi connectivity index (χ4v) is 7.31. The Morgan fingerprint density at radius 2 is 0.569 bits per heavy atom. The molecule has 0 fully saturated rings. The number of unbranched alkanes of at least 4 members (excludes halogenated alkanes) is 31. The average molecular weight is 817 g/mol. The van der Waals surface area contributed by atoms with Crippen LogP contribution in [0.2, 0.25) is 0 Å². The third-order valence-electron chi connectivity index (χ3n) is 11.2. The molecule has 0 N–H and O–H groups in total. The van der Waals surface area contributed by atoms with Crippen molar-refractivity contribution in [1.29, 1.82) is 0 Å². The molecular formula is C52H96O6. The molecule has 0 aromatic heterocycles. The molecule has 1 atom stereocenters. The van der Waals surface area contributed by atoms with E-state index in [1.54, 1.807) is 0 Å². The van der Waals surface area contributed by atoms with Crippen LogP contribution >= 0.6 is 0 Å². The third-order valence-corrected chi connectivity index (χ3v) is 11.2. The molecule has 0 spiro atoms. The maximum absolute atomic E-state index is 12.8. The Hall–Kier alpha value is -2.11. The summed E-state index contributed by atoms with van der Waals surface area (Å²) >= 11 is 0. The zero-order chi connectivity index (χ0) is 42.3. The van der Waals surface area contributed by atoms with Crippen molar-refractivity contribution in [3.8, 4) is 0 Å². The number of carbonyl (C=O) groups excluding carboxylic acids is 3. The first-order chi connectivity index (χ1) is 28.5. The largest absolute Gasteiger partial charge is 0.462 e. The van der Waals surface area contributed by atoms with Gasteiger partial charge in [-0.15, -0.1) is 0 Å². The second kappa shape index (κ2) is 47.6. The minimum Gasteiger partial charge on any atom is -0.462 e. The molecule has 0 unspecified atom stereocenters. The summed E-state index contributed by atoms with van der Waals surface area (Å²) in [6, 6.07) is 0. The summed E-state index contributed by atoms with van der Waals surface area (Å²) in [6.07, 6.45) is 52.9. The molecule has 0 aliphatic carbocycles. The Morgan fingerprint density at radius 1 is 0.328 bits per heavy atom. The van der Waals surface area contributed by atoms with Gasteiger partial charge in [0, 0.05) is 19.3 Å². The first-order valence-electron chi connectivity index (χ1n) is 25.3. The topological polar surface area (TPSA) is 78.9 Å². The standard InChI is InChI=1S/C52H96O6/c1-4-7-10-13-16-19-22-25-26-28-31-34-37-40-43-46-52(55)58-49(47-56-50(53)44-41-38-35-32-29-24-21-18-15-12-9-6-3)48-57-51(54)45-42-39-36-33-30-27-23-20-17-14-11-8-5-2/h19-20,22-23,49H,4-18,21,24-48H2,1-3H3/b22-19-,23-20-/t49-/m0/s1. The van der Waals surface area contributed by atoms with Gasteiger partial charge in [0.25, 0.3) is 0 Å². The van der Waals surface area contributed by atoms with Crippen molar-refractivity contribution in [2.24, 2.45) is 0 Å². The molecule has 0 aromatic rings. The Balaban J connectivity index is 4.36. The average Bonchev–Trinajstić information content (AvgIpc) is 3.22. The summed E-state index contributed by atoms with van der Waals surface area (Å²) in [5.74, 6) is -0.875. The van der Waals surface area contributed by atoms with Gasteiger partial charge in [0.05, 0.1) is 0 Å². The van der Waals surface area contributed by atoms with Gasteiger partial charge in [-0.25, -0.2) is 0 Å². The van der Waals surface area contributed by atoms with Crippen molar-refractivity contribution in [1.82, 2.24) is 0 Å². The molecule has 0 aliphatic heterocycles. The number of allylic oxidation sites excluding steroid dienone is 4. The molecule has 0 saturated heterocycles. The highest BCUT2D eigenvalue weighted by atomic mass is 16.6. The molecular weight excluding hydrogens is 721 g/mol. The van der Waals surface area contributed by atoms with Gasteiger partial charge in [0.2, 0.25) is 0 Å². The van der Waals surface area contributed by atoms with Gasteiger partial charge < -0.3 is 14.2 Å². The first kappa shape index (κ1) is 55.9. The van der Waals surface area contributed by atoms with Crippen molar-refractivity contribution in [3.05, 3.63) is 24.3 Å². The molecule has 0 amide bonds. The van der Waals surface area contributed by atoms with Crippen LogP contribution in [0.25, 0.3) is 0 Å². The number of ether oxygens (including phenoxy) is 3. The van der Waals surface area contributed by atoms with Crippen LogP contribution in [-0.4, -0.2) is 37.2 Å². The van der Waals surface area contributed by atoms with E-state index >= 15 is 0 Å². The van der Waals surface area contributed by atoms with E-state index in [0.29, 0.717) is 19.3 Å². The summed E-state index contributed by atoms with van der Waals surface area (Å²) in [5.41, 5.74) is 0. The fourth-order valence-electron chi connectivity index (χ4n) is 7.31. The number of carbonyl (C=O) groups is 3. The monoisotopic (exact) mass is 817 g/mol. The van der Waals surface area contributed by atoms with Crippen LogP contribution in [0.3, 0.4) is 0 Å². The van der Waals surface area contributed by atoms with Gasteiger partial charge in [-0.3, -0.25) is 14.4 Å². The maximum Gasteiger partial charge on any atom is 0.306 e. The molecule has 0 heterocycles. The minimum absolute atomic E-state index is 0.0721. The second-order valence-electron chi connectivity index (χ2n) is 17.1. The molecule has 0 bridgehead atoms. The first-order valence-corrected chi connectivity index (χ1v) is 25.3. The van der Waals surface area contributed by atoms with E-state index in [-0.39, 0.29) is 31.1 Å². The Kier molecular flexibility index (Phi) is 45.8. The normalized spacial score (nSPS) is 12.1. The molecule has 58 heavy (non-hydrogen) atoms. The zero-order valence-corrected chi connectivity index (χ0v) is 38.8. The lowest BCUT2D eigenvalue weighted by Crippen LogP contribution is -2.30. The number of hydrogen-bond donors (Lipinski definition) is 0. The molecule has 0 aromatic carbocycles. The van der Waals surface area contributed by atoms with Crippen LogP contribution < -0.4 is 0 Å². The van der Waals surface area contributed by atoms with Gasteiger partial charge in [-0.2, -0.15) is 0 Å². The van der Waals surface area contributed by atoms with Crippen LogP contribution in [0.4, 0.5) is 0 Å². The van der Waals surface area contributed by atoms with E-state index in [9.17, 15) is 14.4 Å². The predicted molar refractivity (Wildman–Crippen MR) is 247 cm³/mol. The van der Waals surface area contributed by atoms with E-state index < -0.39 is 6.10 Å². The Morgan fingerprint density at radius 3 is 0.879 bits per heavy atom. The maximum atomic E-state index is 12.8. The minimum atomic E-state index is -0.771. The van der Waals surface area contributed by atoms with Crippen LogP contribution in [0.1, 0.15) is 271 Å². The highest BCUT2D eigenvalue weighted by molar-refractivity contribution is 5.71. The van der Waals surface area contributed by atoms with E-state index in [2.05, 4.69) is 45.1 Å². The lowest BCUT2D eigenvalue weighted by molar-refractivity contribution is -0.167. The van der Waals surface area contributed by atoms with Crippen molar-refractivity contribution in [3.63, 3.8) is 0 Å². The quantitative estimate of drug-likeness (QED) is 0.0263. The molecule has 0 aliphatic rings. The van der Waals surface area contributed by atoms with Gasteiger partial charge in [-0.05, 0) is 70.6 Å². The second-order valence-corrected chi connectivity index (χ2v) is 17.1. The number of hydrogen-bond acceptors (Lipinski definition) is 6. The molecule has 0 radical (unpaired) electrons. The zero-order valence-electron chi connectivity index (χ0n) is 38.8. The predicted octanol–water partition coefficient (Wildman–Crippen LogP) is 16.4. The summed E-state index contributed by atoms with van der Waals surface area (Å²) in [5, 5.41) is 0. The van der Waals surface area contributed by atoms with Gasteiger partial charge >= 0.3 is 17.9 Å². The lowest BCUT2D eigenvalue weighted by Gasteiger charge is -2.18. The summed E-state index contributed by atoms with van der Waals surface area (Å²) < 4.78 is 16.8. The van der Waals surface area contributed by atoms with Crippen LogP contribution in [0.5, 0.6) is 0 Å².